The van der Waals surface area contributed by atoms with E-state index in [9.17, 15) is 0 Å². The van der Waals surface area contributed by atoms with Crippen LogP contribution in [0.2, 0.25) is 0 Å². The first kappa shape index (κ1) is 16.9. The molecule has 4 aromatic rings. The summed E-state index contributed by atoms with van der Waals surface area (Å²) in [6, 6.07) is 24.2. The smallest absolute Gasteiger partial charge is 0.230 e. The predicted molar refractivity (Wildman–Crippen MR) is 106 cm³/mol. The van der Waals surface area contributed by atoms with E-state index in [1.54, 1.807) is 13.3 Å². The summed E-state index contributed by atoms with van der Waals surface area (Å²) < 4.78 is 7.35. The standard InChI is InChI=1S/C23H20N3O/c1-26-14-6-4-8-23(26)22-16-18(17-9-11-19(27-2)12-10-17)15-21(25-22)20-7-3-5-13-24-20/h3-16H,1-2H3/q+1. The van der Waals surface area contributed by atoms with Crippen molar-refractivity contribution in [3.05, 3.63) is 85.2 Å². The fraction of sp³-hybridized carbons (Fsp3) is 0.0870. The van der Waals surface area contributed by atoms with Gasteiger partial charge in [0, 0.05) is 18.3 Å². The molecule has 0 N–H and O–H groups in total. The van der Waals surface area contributed by atoms with Crippen LogP contribution in [0.25, 0.3) is 33.9 Å². The number of nitrogens with zero attached hydrogens (tertiary/aromatic N) is 3. The van der Waals surface area contributed by atoms with Crippen LogP contribution in [0.5, 0.6) is 5.75 Å². The van der Waals surface area contributed by atoms with Gasteiger partial charge in [-0.3, -0.25) is 4.98 Å². The number of pyridine rings is 3. The molecule has 0 aliphatic carbocycles. The largest absolute Gasteiger partial charge is 0.497 e. The molecule has 0 unspecified atom stereocenters. The van der Waals surface area contributed by atoms with E-state index in [-0.39, 0.29) is 0 Å². The van der Waals surface area contributed by atoms with E-state index in [1.807, 2.05) is 55.7 Å². The number of ether oxygens (including phenoxy) is 1. The predicted octanol–water partition coefficient (Wildman–Crippen LogP) is 4.31. The molecule has 4 nitrogen and oxygen atoms in total. The molecule has 0 atom stereocenters. The molecule has 27 heavy (non-hydrogen) atoms. The van der Waals surface area contributed by atoms with Gasteiger partial charge in [-0.05, 0) is 53.6 Å². The molecule has 0 saturated carbocycles. The molecule has 0 amide bonds. The Labute approximate surface area is 158 Å². The molecule has 0 fully saturated rings. The van der Waals surface area contributed by atoms with Gasteiger partial charge in [0.1, 0.15) is 18.5 Å². The van der Waals surface area contributed by atoms with Crippen molar-refractivity contribution in [2.24, 2.45) is 7.05 Å². The first-order chi connectivity index (χ1) is 13.2. The summed E-state index contributed by atoms with van der Waals surface area (Å²) >= 11 is 0. The van der Waals surface area contributed by atoms with Crippen molar-refractivity contribution < 1.29 is 9.30 Å². The van der Waals surface area contributed by atoms with Crippen molar-refractivity contribution >= 4 is 0 Å². The first-order valence-corrected chi connectivity index (χ1v) is 8.77. The van der Waals surface area contributed by atoms with Crippen molar-refractivity contribution in [3.63, 3.8) is 0 Å². The van der Waals surface area contributed by atoms with E-state index in [0.29, 0.717) is 0 Å². The maximum absolute atomic E-state index is 5.28. The van der Waals surface area contributed by atoms with E-state index in [4.69, 9.17) is 9.72 Å². The Hall–Kier alpha value is -3.53. The molecular formula is C23H20N3O+. The minimum atomic E-state index is 0.840. The molecule has 0 saturated heterocycles. The van der Waals surface area contributed by atoms with Gasteiger partial charge in [0.05, 0.1) is 18.5 Å². The van der Waals surface area contributed by atoms with Crippen LogP contribution in [0.4, 0.5) is 0 Å². The lowest BCUT2D eigenvalue weighted by molar-refractivity contribution is -0.660. The summed E-state index contributed by atoms with van der Waals surface area (Å²) in [7, 11) is 3.70. The van der Waals surface area contributed by atoms with Gasteiger partial charge in [0.2, 0.25) is 5.69 Å². The van der Waals surface area contributed by atoms with Gasteiger partial charge in [-0.1, -0.05) is 18.2 Å². The summed E-state index contributed by atoms with van der Waals surface area (Å²) in [5, 5.41) is 0. The minimum Gasteiger partial charge on any atom is -0.497 e. The third kappa shape index (κ3) is 3.55. The highest BCUT2D eigenvalue weighted by Crippen LogP contribution is 2.29. The molecule has 3 aromatic heterocycles. The van der Waals surface area contributed by atoms with E-state index < -0.39 is 0 Å². The van der Waals surface area contributed by atoms with Crippen LogP contribution < -0.4 is 9.30 Å². The summed E-state index contributed by atoms with van der Waals surface area (Å²) in [4.78, 5) is 9.36. The maximum atomic E-state index is 5.28. The Kier molecular flexibility index (Phi) is 4.62. The fourth-order valence-electron chi connectivity index (χ4n) is 3.05. The lowest BCUT2D eigenvalue weighted by atomic mass is 10.0. The normalized spacial score (nSPS) is 10.6. The topological polar surface area (TPSA) is 38.9 Å². The van der Waals surface area contributed by atoms with Gasteiger partial charge in [0.15, 0.2) is 6.20 Å². The third-order valence-electron chi connectivity index (χ3n) is 4.49. The molecule has 3 heterocycles. The average Bonchev–Trinajstić information content (AvgIpc) is 2.74. The molecule has 0 spiro atoms. The second-order valence-corrected chi connectivity index (χ2v) is 6.27. The second kappa shape index (κ2) is 7.38. The van der Waals surface area contributed by atoms with E-state index in [1.165, 1.54) is 0 Å². The summed E-state index contributed by atoms with van der Waals surface area (Å²) in [6.07, 6.45) is 3.82. The maximum Gasteiger partial charge on any atom is 0.230 e. The fourth-order valence-corrected chi connectivity index (χ4v) is 3.05. The van der Waals surface area contributed by atoms with Crippen molar-refractivity contribution in [2.45, 2.75) is 0 Å². The quantitative estimate of drug-likeness (QED) is 0.513. The number of rotatable bonds is 4. The molecular weight excluding hydrogens is 334 g/mol. The number of benzene rings is 1. The summed E-state index contributed by atoms with van der Waals surface area (Å²) in [6.45, 7) is 0. The summed E-state index contributed by atoms with van der Waals surface area (Å²) in [5.41, 5.74) is 5.86. The minimum absolute atomic E-state index is 0.840. The lowest BCUT2D eigenvalue weighted by Crippen LogP contribution is -2.30. The lowest BCUT2D eigenvalue weighted by Gasteiger charge is -2.09. The zero-order valence-corrected chi connectivity index (χ0v) is 15.3. The van der Waals surface area contributed by atoms with Gasteiger partial charge in [-0.15, -0.1) is 0 Å². The number of aromatic nitrogens is 3. The van der Waals surface area contributed by atoms with Gasteiger partial charge in [0.25, 0.3) is 0 Å². The highest BCUT2D eigenvalue weighted by Gasteiger charge is 2.15. The Morgan fingerprint density at radius 2 is 1.56 bits per heavy atom. The Balaban J connectivity index is 1.90. The van der Waals surface area contributed by atoms with Gasteiger partial charge in [-0.25, -0.2) is 4.98 Å². The zero-order chi connectivity index (χ0) is 18.6. The molecule has 4 heteroatoms. The van der Waals surface area contributed by atoms with E-state index >= 15 is 0 Å². The number of aryl methyl sites for hydroxylation is 1. The molecule has 1 aromatic carbocycles. The van der Waals surface area contributed by atoms with Crippen LogP contribution in [0.1, 0.15) is 0 Å². The number of methoxy groups -OCH3 is 1. The van der Waals surface area contributed by atoms with Crippen LogP contribution in [-0.2, 0) is 7.05 Å². The van der Waals surface area contributed by atoms with Crippen LogP contribution in [0.15, 0.2) is 85.2 Å². The SMILES string of the molecule is COc1ccc(-c2cc(-c3ccccn3)nc(-c3cccc[n+]3C)c2)cc1. The second-order valence-electron chi connectivity index (χ2n) is 6.27. The highest BCUT2D eigenvalue weighted by molar-refractivity contribution is 5.74. The van der Waals surface area contributed by atoms with Gasteiger partial charge < -0.3 is 4.74 Å². The Bertz CT molecular complexity index is 1060. The summed E-state index contributed by atoms with van der Waals surface area (Å²) in [5.74, 6) is 0.840. The molecule has 0 radical (unpaired) electrons. The van der Waals surface area contributed by atoms with Crippen molar-refractivity contribution in [2.75, 3.05) is 7.11 Å². The highest BCUT2D eigenvalue weighted by atomic mass is 16.5. The van der Waals surface area contributed by atoms with Crippen molar-refractivity contribution in [1.82, 2.24) is 9.97 Å². The molecule has 4 rings (SSSR count). The molecule has 0 aliphatic heterocycles. The number of hydrogen-bond donors (Lipinski definition) is 0. The van der Waals surface area contributed by atoms with Gasteiger partial charge in [-0.2, -0.15) is 4.57 Å². The Morgan fingerprint density at radius 1 is 0.778 bits per heavy atom. The first-order valence-electron chi connectivity index (χ1n) is 8.77. The van der Waals surface area contributed by atoms with Crippen LogP contribution >= 0.6 is 0 Å². The van der Waals surface area contributed by atoms with Gasteiger partial charge >= 0.3 is 0 Å². The number of hydrogen-bond acceptors (Lipinski definition) is 3. The molecule has 132 valence electrons. The van der Waals surface area contributed by atoms with E-state index in [2.05, 4.69) is 39.9 Å². The third-order valence-corrected chi connectivity index (χ3v) is 4.49. The van der Waals surface area contributed by atoms with Crippen LogP contribution in [-0.4, -0.2) is 17.1 Å². The van der Waals surface area contributed by atoms with Crippen molar-refractivity contribution in [3.8, 4) is 39.7 Å². The average molecular weight is 354 g/mol. The zero-order valence-electron chi connectivity index (χ0n) is 15.3. The monoisotopic (exact) mass is 354 g/mol. The Morgan fingerprint density at radius 3 is 2.26 bits per heavy atom. The molecule has 0 bridgehead atoms. The van der Waals surface area contributed by atoms with Crippen molar-refractivity contribution in [1.29, 1.82) is 0 Å². The van der Waals surface area contributed by atoms with Crippen LogP contribution in [0, 0.1) is 0 Å². The van der Waals surface area contributed by atoms with Crippen LogP contribution in [0.3, 0.4) is 0 Å². The molecule has 0 aliphatic rings. The van der Waals surface area contributed by atoms with E-state index in [0.717, 1.165) is 39.7 Å².